The number of carbonyl (C=O) groups is 1. The Hall–Kier alpha value is -1.82. The first kappa shape index (κ1) is 14.1. The Balaban J connectivity index is 1.77. The van der Waals surface area contributed by atoms with Crippen LogP contribution in [0.2, 0.25) is 0 Å². The molecule has 1 aromatic heterocycles. The van der Waals surface area contributed by atoms with Crippen molar-refractivity contribution < 1.29 is 9.18 Å². The van der Waals surface area contributed by atoms with Crippen LogP contribution in [0.4, 0.5) is 4.39 Å². The second-order valence-corrected chi connectivity index (χ2v) is 6.44. The number of nitrogens with zero attached hydrogens (tertiary/aromatic N) is 3. The van der Waals surface area contributed by atoms with Crippen molar-refractivity contribution in [2.75, 3.05) is 13.1 Å². The predicted molar refractivity (Wildman–Crippen MR) is 78.9 cm³/mol. The van der Waals surface area contributed by atoms with Crippen LogP contribution in [0.15, 0.2) is 24.3 Å². The lowest BCUT2D eigenvalue weighted by Crippen LogP contribution is -2.39. The largest absolute Gasteiger partial charge is 0.338 e. The predicted octanol–water partition coefficient (Wildman–Crippen LogP) is 3.01. The van der Waals surface area contributed by atoms with Gasteiger partial charge in [-0.15, -0.1) is 21.5 Å². The Bertz CT molecular complexity index is 658. The molecule has 1 aliphatic rings. The maximum Gasteiger partial charge on any atom is 0.256 e. The number of benzene rings is 1. The zero-order chi connectivity index (χ0) is 14.8. The molecule has 0 unspecified atom stereocenters. The zero-order valence-corrected chi connectivity index (χ0v) is 12.6. The van der Waals surface area contributed by atoms with E-state index in [4.69, 9.17) is 0 Å². The summed E-state index contributed by atoms with van der Waals surface area (Å²) in [6.07, 6.45) is 1.90. The number of aromatic nitrogens is 2. The fraction of sp³-hybridized carbons (Fsp3) is 0.400. The van der Waals surface area contributed by atoms with Crippen LogP contribution in [0.1, 0.15) is 39.1 Å². The number of piperidine rings is 1. The number of rotatable bonds is 2. The van der Waals surface area contributed by atoms with Gasteiger partial charge < -0.3 is 4.90 Å². The summed E-state index contributed by atoms with van der Waals surface area (Å²) in [5, 5.41) is 10.1. The van der Waals surface area contributed by atoms with Crippen LogP contribution in [0.5, 0.6) is 0 Å². The number of hydrogen-bond acceptors (Lipinski definition) is 4. The lowest BCUT2D eigenvalue weighted by atomic mass is 9.98. The van der Waals surface area contributed by atoms with Gasteiger partial charge in [0.2, 0.25) is 0 Å². The lowest BCUT2D eigenvalue weighted by Gasteiger charge is -2.31. The molecule has 3 rings (SSSR count). The third kappa shape index (κ3) is 2.95. The minimum absolute atomic E-state index is 0.145. The smallest absolute Gasteiger partial charge is 0.256 e. The van der Waals surface area contributed by atoms with E-state index in [1.807, 2.05) is 6.92 Å². The summed E-state index contributed by atoms with van der Waals surface area (Å²) in [7, 11) is 0. The van der Waals surface area contributed by atoms with Crippen molar-refractivity contribution in [1.82, 2.24) is 15.1 Å². The monoisotopic (exact) mass is 305 g/mol. The molecule has 2 aromatic rings. The number of amides is 1. The highest BCUT2D eigenvalue weighted by Crippen LogP contribution is 2.29. The van der Waals surface area contributed by atoms with E-state index < -0.39 is 5.82 Å². The number of likely N-dealkylation sites (tertiary alicyclic amines) is 1. The second kappa shape index (κ2) is 5.89. The molecule has 21 heavy (non-hydrogen) atoms. The third-order valence-corrected chi connectivity index (χ3v) is 4.70. The molecule has 1 amide bonds. The van der Waals surface area contributed by atoms with Gasteiger partial charge in [0.05, 0.1) is 5.56 Å². The highest BCUT2D eigenvalue weighted by molar-refractivity contribution is 7.11. The van der Waals surface area contributed by atoms with Crippen molar-refractivity contribution in [3.05, 3.63) is 45.7 Å². The van der Waals surface area contributed by atoms with E-state index in [1.54, 1.807) is 28.4 Å². The van der Waals surface area contributed by atoms with Gasteiger partial charge in [0, 0.05) is 19.0 Å². The van der Waals surface area contributed by atoms with E-state index >= 15 is 0 Å². The first-order valence-corrected chi connectivity index (χ1v) is 7.80. The van der Waals surface area contributed by atoms with Gasteiger partial charge in [-0.3, -0.25) is 4.79 Å². The molecule has 4 nitrogen and oxygen atoms in total. The fourth-order valence-electron chi connectivity index (χ4n) is 2.65. The van der Waals surface area contributed by atoms with E-state index in [2.05, 4.69) is 10.2 Å². The van der Waals surface area contributed by atoms with E-state index in [0.717, 1.165) is 22.9 Å². The van der Waals surface area contributed by atoms with Crippen molar-refractivity contribution in [2.24, 2.45) is 0 Å². The van der Waals surface area contributed by atoms with E-state index in [1.165, 1.54) is 12.1 Å². The van der Waals surface area contributed by atoms with Gasteiger partial charge in [0.15, 0.2) is 0 Å². The highest BCUT2D eigenvalue weighted by atomic mass is 32.1. The summed E-state index contributed by atoms with van der Waals surface area (Å²) in [5.74, 6) is -0.490. The molecular formula is C15H16FN3OS. The van der Waals surface area contributed by atoms with E-state index in [-0.39, 0.29) is 17.4 Å². The summed E-state index contributed by atoms with van der Waals surface area (Å²) in [6.45, 7) is 3.18. The Morgan fingerprint density at radius 2 is 2.19 bits per heavy atom. The van der Waals surface area contributed by atoms with Crippen LogP contribution in [0.25, 0.3) is 0 Å². The van der Waals surface area contributed by atoms with Crippen molar-refractivity contribution in [3.8, 4) is 0 Å². The summed E-state index contributed by atoms with van der Waals surface area (Å²) < 4.78 is 13.8. The molecule has 0 N–H and O–H groups in total. The molecule has 2 heterocycles. The molecule has 0 bridgehead atoms. The average Bonchev–Trinajstić information content (AvgIpc) is 2.94. The Kier molecular flexibility index (Phi) is 3.96. The van der Waals surface area contributed by atoms with Crippen LogP contribution in [0.3, 0.4) is 0 Å². The van der Waals surface area contributed by atoms with Crippen LogP contribution < -0.4 is 0 Å². The molecular weight excluding hydrogens is 289 g/mol. The molecule has 0 aliphatic carbocycles. The van der Waals surface area contributed by atoms with Gasteiger partial charge >= 0.3 is 0 Å². The minimum Gasteiger partial charge on any atom is -0.338 e. The second-order valence-electron chi connectivity index (χ2n) is 5.23. The average molecular weight is 305 g/mol. The molecule has 1 atom stereocenters. The Morgan fingerprint density at radius 1 is 1.38 bits per heavy atom. The Morgan fingerprint density at radius 3 is 2.90 bits per heavy atom. The molecule has 0 spiro atoms. The number of halogens is 1. The third-order valence-electron chi connectivity index (χ3n) is 3.70. The number of hydrogen-bond donors (Lipinski definition) is 0. The van der Waals surface area contributed by atoms with Crippen molar-refractivity contribution in [2.45, 2.75) is 25.7 Å². The van der Waals surface area contributed by atoms with Gasteiger partial charge in [-0.1, -0.05) is 12.1 Å². The summed E-state index contributed by atoms with van der Waals surface area (Å²) in [6, 6.07) is 6.14. The molecule has 1 fully saturated rings. The first-order chi connectivity index (χ1) is 10.1. The summed E-state index contributed by atoms with van der Waals surface area (Å²) in [5.41, 5.74) is 0.145. The molecule has 1 aliphatic heterocycles. The molecule has 110 valence electrons. The van der Waals surface area contributed by atoms with Gasteiger partial charge in [-0.2, -0.15) is 0 Å². The molecule has 0 radical (unpaired) electrons. The maximum atomic E-state index is 13.8. The van der Waals surface area contributed by atoms with Gasteiger partial charge in [-0.25, -0.2) is 4.39 Å². The van der Waals surface area contributed by atoms with Crippen LogP contribution in [0, 0.1) is 12.7 Å². The number of carbonyl (C=O) groups excluding carboxylic acids is 1. The summed E-state index contributed by atoms with van der Waals surface area (Å²) >= 11 is 1.57. The van der Waals surface area contributed by atoms with Crippen LogP contribution in [-0.2, 0) is 0 Å². The first-order valence-electron chi connectivity index (χ1n) is 6.99. The van der Waals surface area contributed by atoms with Crippen LogP contribution >= 0.6 is 11.3 Å². The topological polar surface area (TPSA) is 46.1 Å². The van der Waals surface area contributed by atoms with Gasteiger partial charge in [-0.05, 0) is 31.9 Å². The lowest BCUT2D eigenvalue weighted by molar-refractivity contribution is 0.0702. The van der Waals surface area contributed by atoms with Crippen molar-refractivity contribution in [3.63, 3.8) is 0 Å². The van der Waals surface area contributed by atoms with E-state index in [9.17, 15) is 9.18 Å². The number of aryl methyl sites for hydroxylation is 1. The fourth-order valence-corrected chi connectivity index (χ4v) is 3.47. The molecule has 1 saturated heterocycles. The van der Waals surface area contributed by atoms with Gasteiger partial charge in [0.25, 0.3) is 5.91 Å². The van der Waals surface area contributed by atoms with E-state index in [0.29, 0.717) is 13.1 Å². The highest BCUT2D eigenvalue weighted by Gasteiger charge is 2.28. The Labute approximate surface area is 126 Å². The quantitative estimate of drug-likeness (QED) is 0.857. The minimum atomic E-state index is -0.462. The molecule has 0 saturated carbocycles. The SMILES string of the molecule is Cc1nnc([C@@H]2CCCN(C(=O)c3ccccc3F)C2)s1. The zero-order valence-electron chi connectivity index (χ0n) is 11.8. The normalized spacial score (nSPS) is 18.8. The summed E-state index contributed by atoms with van der Waals surface area (Å²) in [4.78, 5) is 14.2. The van der Waals surface area contributed by atoms with Gasteiger partial charge in [0.1, 0.15) is 15.8 Å². The molecule has 1 aromatic carbocycles. The standard InChI is InChI=1S/C15H16FN3OS/c1-10-17-18-14(21-10)11-5-4-8-19(9-11)15(20)12-6-2-3-7-13(12)16/h2-3,6-7,11H,4-5,8-9H2,1H3/t11-/m1/s1. The maximum absolute atomic E-state index is 13.8. The van der Waals surface area contributed by atoms with Crippen molar-refractivity contribution in [1.29, 1.82) is 0 Å². The van der Waals surface area contributed by atoms with Crippen LogP contribution in [-0.4, -0.2) is 34.1 Å². The molecule has 6 heteroatoms. The van der Waals surface area contributed by atoms with Crippen molar-refractivity contribution >= 4 is 17.2 Å².